The summed E-state index contributed by atoms with van der Waals surface area (Å²) in [5, 5.41) is 17.4. The number of rotatable bonds is 1. The van der Waals surface area contributed by atoms with Gasteiger partial charge < -0.3 is 5.11 Å². The maximum absolute atomic E-state index is 8.70. The fourth-order valence-electron chi connectivity index (χ4n) is 0.976. The summed E-state index contributed by atoms with van der Waals surface area (Å²) in [6.07, 6.45) is 0.951. The molecule has 0 aromatic heterocycles. The summed E-state index contributed by atoms with van der Waals surface area (Å²) >= 11 is 1.70. The van der Waals surface area contributed by atoms with E-state index in [1.165, 1.54) is 0 Å². The van der Waals surface area contributed by atoms with Crippen molar-refractivity contribution in [2.24, 2.45) is 5.92 Å². The Morgan fingerprint density at radius 2 is 2.56 bits per heavy atom. The van der Waals surface area contributed by atoms with Crippen LogP contribution in [0.4, 0.5) is 0 Å². The van der Waals surface area contributed by atoms with Crippen LogP contribution in [0.5, 0.6) is 0 Å². The summed E-state index contributed by atoms with van der Waals surface area (Å²) in [6.45, 7) is 0.156. The molecular formula is C6H9NOS. The van der Waals surface area contributed by atoms with Crippen LogP contribution in [0.2, 0.25) is 0 Å². The van der Waals surface area contributed by atoms with Crippen molar-refractivity contribution in [1.82, 2.24) is 0 Å². The van der Waals surface area contributed by atoms with Crippen LogP contribution in [0.25, 0.3) is 0 Å². The Kier molecular flexibility index (Phi) is 2.38. The van der Waals surface area contributed by atoms with Crippen LogP contribution in [-0.2, 0) is 0 Å². The zero-order valence-electron chi connectivity index (χ0n) is 5.08. The molecule has 1 saturated heterocycles. The summed E-state index contributed by atoms with van der Waals surface area (Å²) in [5.74, 6) is 1.13. The average molecular weight is 143 g/mol. The topological polar surface area (TPSA) is 44.0 Å². The molecule has 0 aromatic rings. The zero-order valence-corrected chi connectivity index (χ0v) is 5.90. The largest absolute Gasteiger partial charge is 0.395 e. The number of hydrogen-bond donors (Lipinski definition) is 1. The molecule has 2 nitrogen and oxygen atoms in total. The van der Waals surface area contributed by atoms with Crippen LogP contribution in [-0.4, -0.2) is 22.7 Å². The maximum atomic E-state index is 8.70. The summed E-state index contributed by atoms with van der Waals surface area (Å²) in [5.41, 5.74) is 0. The molecule has 0 unspecified atom stereocenters. The van der Waals surface area contributed by atoms with Crippen LogP contribution in [0, 0.1) is 17.2 Å². The molecule has 0 aliphatic carbocycles. The highest BCUT2D eigenvalue weighted by Gasteiger charge is 2.26. The Labute approximate surface area is 58.9 Å². The Bertz CT molecular complexity index is 132. The van der Waals surface area contributed by atoms with Gasteiger partial charge in [-0.1, -0.05) is 0 Å². The predicted octanol–water partition coefficient (Wildman–Crippen LogP) is 0.624. The molecule has 1 aliphatic rings. The van der Waals surface area contributed by atoms with E-state index in [9.17, 15) is 0 Å². The zero-order chi connectivity index (χ0) is 6.69. The van der Waals surface area contributed by atoms with Gasteiger partial charge in [0.15, 0.2) is 0 Å². The highest BCUT2D eigenvalue weighted by molar-refractivity contribution is 8.00. The fourth-order valence-corrected chi connectivity index (χ4v) is 2.20. The summed E-state index contributed by atoms with van der Waals surface area (Å²) in [7, 11) is 0. The highest BCUT2D eigenvalue weighted by atomic mass is 32.2. The van der Waals surface area contributed by atoms with E-state index in [4.69, 9.17) is 10.4 Å². The van der Waals surface area contributed by atoms with Gasteiger partial charge in [-0.2, -0.15) is 17.0 Å². The van der Waals surface area contributed by atoms with E-state index in [0.29, 0.717) is 0 Å². The molecule has 1 fully saturated rings. The van der Waals surface area contributed by atoms with Gasteiger partial charge in [-0.25, -0.2) is 0 Å². The third kappa shape index (κ3) is 1.38. The smallest absolute Gasteiger partial charge is 0.0668 e. The Morgan fingerprint density at radius 3 is 3.00 bits per heavy atom. The molecule has 0 radical (unpaired) electrons. The maximum Gasteiger partial charge on any atom is 0.0668 e. The summed E-state index contributed by atoms with van der Waals surface area (Å²) in [4.78, 5) is 0. The molecule has 3 heteroatoms. The first-order valence-corrected chi connectivity index (χ1v) is 4.05. The first-order valence-electron chi connectivity index (χ1n) is 3.00. The molecule has 0 aromatic carbocycles. The molecule has 1 aliphatic heterocycles. The van der Waals surface area contributed by atoms with Gasteiger partial charge in [-0.15, -0.1) is 0 Å². The van der Waals surface area contributed by atoms with Crippen LogP contribution in [0.15, 0.2) is 0 Å². The average Bonchev–Trinajstić information content (AvgIpc) is 2.33. The lowest BCUT2D eigenvalue weighted by Crippen LogP contribution is -2.13. The van der Waals surface area contributed by atoms with Gasteiger partial charge in [0.25, 0.3) is 0 Å². The van der Waals surface area contributed by atoms with E-state index in [2.05, 4.69) is 6.07 Å². The molecule has 9 heavy (non-hydrogen) atoms. The Hall–Kier alpha value is -0.200. The second-order valence-electron chi connectivity index (χ2n) is 2.12. The van der Waals surface area contributed by atoms with E-state index < -0.39 is 0 Å². The first kappa shape index (κ1) is 6.91. The van der Waals surface area contributed by atoms with Crippen molar-refractivity contribution in [2.45, 2.75) is 11.7 Å². The normalized spacial score (nSPS) is 34.2. The van der Waals surface area contributed by atoms with Crippen molar-refractivity contribution in [3.63, 3.8) is 0 Å². The lowest BCUT2D eigenvalue weighted by Gasteiger charge is -2.05. The van der Waals surface area contributed by atoms with Gasteiger partial charge in [0, 0.05) is 5.25 Å². The number of thioether (sulfide) groups is 1. The van der Waals surface area contributed by atoms with Crippen molar-refractivity contribution in [2.75, 3.05) is 12.4 Å². The fraction of sp³-hybridized carbons (Fsp3) is 0.833. The van der Waals surface area contributed by atoms with Crippen molar-refractivity contribution in [3.8, 4) is 6.07 Å². The Morgan fingerprint density at radius 1 is 1.78 bits per heavy atom. The number of hydrogen-bond acceptors (Lipinski definition) is 3. The SMILES string of the molecule is N#C[C@H]1CCS[C@@H]1CO. The minimum absolute atomic E-state index is 0.0972. The Balaban J connectivity index is 2.44. The molecule has 0 amide bonds. The van der Waals surface area contributed by atoms with Crippen molar-refractivity contribution < 1.29 is 5.11 Å². The highest BCUT2D eigenvalue weighted by Crippen LogP contribution is 2.30. The van der Waals surface area contributed by atoms with Crippen molar-refractivity contribution >= 4 is 11.8 Å². The van der Waals surface area contributed by atoms with Gasteiger partial charge in [-0.3, -0.25) is 0 Å². The summed E-state index contributed by atoms with van der Waals surface area (Å²) < 4.78 is 0. The van der Waals surface area contributed by atoms with E-state index in [-0.39, 0.29) is 17.8 Å². The van der Waals surface area contributed by atoms with Crippen LogP contribution in [0.3, 0.4) is 0 Å². The minimum atomic E-state index is 0.0972. The van der Waals surface area contributed by atoms with E-state index in [1.54, 1.807) is 11.8 Å². The monoisotopic (exact) mass is 143 g/mol. The van der Waals surface area contributed by atoms with E-state index in [1.807, 2.05) is 0 Å². The predicted molar refractivity (Wildman–Crippen MR) is 37.1 cm³/mol. The van der Waals surface area contributed by atoms with Gasteiger partial charge in [-0.05, 0) is 12.2 Å². The van der Waals surface area contributed by atoms with Gasteiger partial charge >= 0.3 is 0 Å². The van der Waals surface area contributed by atoms with Crippen molar-refractivity contribution in [1.29, 1.82) is 5.26 Å². The van der Waals surface area contributed by atoms with Crippen molar-refractivity contribution in [3.05, 3.63) is 0 Å². The summed E-state index contributed by atoms with van der Waals surface area (Å²) in [6, 6.07) is 2.18. The van der Waals surface area contributed by atoms with Crippen LogP contribution >= 0.6 is 11.8 Å². The van der Waals surface area contributed by atoms with E-state index >= 15 is 0 Å². The first-order chi connectivity index (χ1) is 4.38. The standard InChI is InChI=1S/C6H9NOS/c7-3-5-1-2-9-6(5)4-8/h5-6,8H,1-2,4H2/t5-,6-/m1/s1. The third-order valence-electron chi connectivity index (χ3n) is 1.56. The number of nitriles is 1. The lowest BCUT2D eigenvalue weighted by atomic mass is 10.1. The van der Waals surface area contributed by atoms with Crippen LogP contribution in [0.1, 0.15) is 6.42 Å². The lowest BCUT2D eigenvalue weighted by molar-refractivity contribution is 0.281. The molecule has 0 bridgehead atoms. The molecule has 2 atom stereocenters. The minimum Gasteiger partial charge on any atom is -0.395 e. The molecule has 0 spiro atoms. The van der Waals surface area contributed by atoms with E-state index in [0.717, 1.165) is 12.2 Å². The number of aliphatic hydroxyl groups is 1. The molecule has 0 saturated carbocycles. The van der Waals surface area contributed by atoms with Gasteiger partial charge in [0.05, 0.1) is 18.6 Å². The molecule has 1 heterocycles. The van der Waals surface area contributed by atoms with Gasteiger partial charge in [0.1, 0.15) is 0 Å². The number of aliphatic hydroxyl groups excluding tert-OH is 1. The number of nitrogens with zero attached hydrogens (tertiary/aromatic N) is 1. The molecule has 50 valence electrons. The molecular weight excluding hydrogens is 134 g/mol. The second kappa shape index (κ2) is 3.09. The quantitative estimate of drug-likeness (QED) is 0.585. The second-order valence-corrected chi connectivity index (χ2v) is 3.46. The van der Waals surface area contributed by atoms with Gasteiger partial charge in [0.2, 0.25) is 0 Å². The van der Waals surface area contributed by atoms with Crippen LogP contribution < -0.4 is 0 Å². The molecule has 1 rings (SSSR count). The third-order valence-corrected chi connectivity index (χ3v) is 2.93. The molecule has 1 N–H and O–H groups in total.